The van der Waals surface area contributed by atoms with E-state index in [0.717, 1.165) is 47.7 Å². The van der Waals surface area contributed by atoms with Crippen LogP contribution in [-0.2, 0) is 0 Å². The highest BCUT2D eigenvalue weighted by molar-refractivity contribution is 7.13. The van der Waals surface area contributed by atoms with Crippen molar-refractivity contribution < 1.29 is 9.53 Å². The Morgan fingerprint density at radius 2 is 1.86 bits per heavy atom. The molecule has 2 aromatic rings. The summed E-state index contributed by atoms with van der Waals surface area (Å²) in [6, 6.07) is 9.95. The van der Waals surface area contributed by atoms with E-state index in [4.69, 9.17) is 4.74 Å². The second-order valence-corrected chi connectivity index (χ2v) is 6.19. The monoisotopic (exact) mass is 301 g/mol. The fourth-order valence-corrected chi connectivity index (χ4v) is 3.52. The van der Waals surface area contributed by atoms with E-state index >= 15 is 0 Å². The number of likely N-dealkylation sites (tertiary alicyclic amines) is 1. The molecule has 21 heavy (non-hydrogen) atoms. The highest BCUT2D eigenvalue weighted by Crippen LogP contribution is 2.29. The SMILES string of the molecule is COc1ccc(-c2cc(C(=O)N3CCCCC3)cs2)cc1. The maximum absolute atomic E-state index is 12.5. The van der Waals surface area contributed by atoms with Gasteiger partial charge in [-0.2, -0.15) is 0 Å². The summed E-state index contributed by atoms with van der Waals surface area (Å²) in [6.07, 6.45) is 3.49. The number of benzene rings is 1. The zero-order valence-corrected chi connectivity index (χ0v) is 13.0. The molecule has 1 aliphatic rings. The number of methoxy groups -OCH3 is 1. The number of hydrogen-bond acceptors (Lipinski definition) is 3. The predicted molar refractivity (Wildman–Crippen MR) is 86.1 cm³/mol. The van der Waals surface area contributed by atoms with E-state index in [2.05, 4.69) is 0 Å². The molecule has 110 valence electrons. The molecular weight excluding hydrogens is 282 g/mol. The lowest BCUT2D eigenvalue weighted by atomic mass is 10.1. The maximum Gasteiger partial charge on any atom is 0.254 e. The van der Waals surface area contributed by atoms with Crippen LogP contribution in [0, 0.1) is 0 Å². The average Bonchev–Trinajstić information content (AvgIpc) is 3.05. The van der Waals surface area contributed by atoms with Gasteiger partial charge in [-0.3, -0.25) is 4.79 Å². The quantitative estimate of drug-likeness (QED) is 0.856. The number of thiophene rings is 1. The van der Waals surface area contributed by atoms with E-state index in [0.29, 0.717) is 0 Å². The Balaban J connectivity index is 1.77. The standard InChI is InChI=1S/C17H19NO2S/c1-20-15-7-5-13(6-8-15)16-11-14(12-21-16)17(19)18-9-3-2-4-10-18/h5-8,11-12H,2-4,9-10H2,1H3. The van der Waals surface area contributed by atoms with Gasteiger partial charge in [0.05, 0.1) is 12.7 Å². The number of piperidine rings is 1. The summed E-state index contributed by atoms with van der Waals surface area (Å²) in [6.45, 7) is 1.79. The number of hydrogen-bond donors (Lipinski definition) is 0. The third-order valence-electron chi connectivity index (χ3n) is 3.86. The number of rotatable bonds is 3. The Morgan fingerprint density at radius 3 is 2.52 bits per heavy atom. The molecule has 1 amide bonds. The molecular formula is C17H19NO2S. The Morgan fingerprint density at radius 1 is 1.14 bits per heavy atom. The highest BCUT2D eigenvalue weighted by Gasteiger charge is 2.19. The van der Waals surface area contributed by atoms with Crippen molar-refractivity contribution in [1.82, 2.24) is 4.90 Å². The van der Waals surface area contributed by atoms with Crippen LogP contribution in [0.1, 0.15) is 29.6 Å². The molecule has 1 aromatic heterocycles. The van der Waals surface area contributed by atoms with E-state index in [9.17, 15) is 4.79 Å². The first-order valence-corrected chi connectivity index (χ1v) is 8.18. The lowest BCUT2D eigenvalue weighted by Crippen LogP contribution is -2.35. The van der Waals surface area contributed by atoms with Gasteiger partial charge in [0.1, 0.15) is 5.75 Å². The molecule has 0 radical (unpaired) electrons. The number of ether oxygens (including phenoxy) is 1. The van der Waals surface area contributed by atoms with Crippen molar-refractivity contribution in [2.24, 2.45) is 0 Å². The summed E-state index contributed by atoms with van der Waals surface area (Å²) in [7, 11) is 1.66. The molecule has 0 unspecified atom stereocenters. The summed E-state index contributed by atoms with van der Waals surface area (Å²) in [5.74, 6) is 1.02. The van der Waals surface area contributed by atoms with Crippen molar-refractivity contribution in [3.8, 4) is 16.2 Å². The second kappa shape index (κ2) is 6.31. The van der Waals surface area contributed by atoms with Gasteiger partial charge in [0.25, 0.3) is 5.91 Å². The smallest absolute Gasteiger partial charge is 0.254 e. The van der Waals surface area contributed by atoms with Gasteiger partial charge in [0.2, 0.25) is 0 Å². The third-order valence-corrected chi connectivity index (χ3v) is 4.84. The number of carbonyl (C=O) groups excluding carboxylic acids is 1. The van der Waals surface area contributed by atoms with Crippen LogP contribution >= 0.6 is 11.3 Å². The minimum Gasteiger partial charge on any atom is -0.497 e. The first kappa shape index (κ1) is 14.1. The van der Waals surface area contributed by atoms with Crippen LogP contribution < -0.4 is 4.74 Å². The molecule has 3 rings (SSSR count). The van der Waals surface area contributed by atoms with E-state index in [1.165, 1.54) is 6.42 Å². The zero-order chi connectivity index (χ0) is 14.7. The first-order valence-electron chi connectivity index (χ1n) is 7.30. The predicted octanol–water partition coefficient (Wildman–Crippen LogP) is 4.05. The third kappa shape index (κ3) is 3.10. The van der Waals surface area contributed by atoms with Crippen LogP contribution in [-0.4, -0.2) is 31.0 Å². The molecule has 0 aliphatic carbocycles. The van der Waals surface area contributed by atoms with Gasteiger partial charge < -0.3 is 9.64 Å². The van der Waals surface area contributed by atoms with Crippen LogP contribution in [0.15, 0.2) is 35.7 Å². The molecule has 0 saturated carbocycles. The van der Waals surface area contributed by atoms with Gasteiger partial charge in [0.15, 0.2) is 0 Å². The lowest BCUT2D eigenvalue weighted by Gasteiger charge is -2.26. The lowest BCUT2D eigenvalue weighted by molar-refractivity contribution is 0.0725. The van der Waals surface area contributed by atoms with Gasteiger partial charge in [-0.15, -0.1) is 11.3 Å². The first-order chi connectivity index (χ1) is 10.3. The van der Waals surface area contributed by atoms with Crippen molar-refractivity contribution in [2.45, 2.75) is 19.3 Å². The van der Waals surface area contributed by atoms with Gasteiger partial charge in [0, 0.05) is 23.3 Å². The molecule has 0 bridgehead atoms. The molecule has 1 aromatic carbocycles. The molecule has 4 heteroatoms. The normalized spacial score (nSPS) is 15.0. The topological polar surface area (TPSA) is 29.5 Å². The van der Waals surface area contributed by atoms with Crippen LogP contribution in [0.25, 0.3) is 10.4 Å². The Bertz CT molecular complexity index is 612. The minimum atomic E-state index is 0.172. The van der Waals surface area contributed by atoms with Gasteiger partial charge in [-0.25, -0.2) is 0 Å². The van der Waals surface area contributed by atoms with Gasteiger partial charge in [-0.05, 0) is 55.2 Å². The minimum absolute atomic E-state index is 0.172. The fourth-order valence-electron chi connectivity index (χ4n) is 2.63. The van der Waals surface area contributed by atoms with E-state index in [1.54, 1.807) is 18.4 Å². The largest absolute Gasteiger partial charge is 0.497 e. The average molecular weight is 301 g/mol. The summed E-state index contributed by atoms with van der Waals surface area (Å²) in [5, 5.41) is 1.97. The van der Waals surface area contributed by atoms with Crippen LogP contribution in [0.3, 0.4) is 0 Å². The van der Waals surface area contributed by atoms with Crippen LogP contribution in [0.2, 0.25) is 0 Å². The number of carbonyl (C=O) groups is 1. The summed E-state index contributed by atoms with van der Waals surface area (Å²) in [4.78, 5) is 15.6. The van der Waals surface area contributed by atoms with Crippen molar-refractivity contribution in [2.75, 3.05) is 20.2 Å². The van der Waals surface area contributed by atoms with Crippen molar-refractivity contribution in [3.63, 3.8) is 0 Å². The summed E-state index contributed by atoms with van der Waals surface area (Å²) >= 11 is 1.62. The molecule has 2 heterocycles. The number of nitrogens with zero attached hydrogens (tertiary/aromatic N) is 1. The van der Waals surface area contributed by atoms with E-state index < -0.39 is 0 Å². The molecule has 1 fully saturated rings. The van der Waals surface area contributed by atoms with E-state index in [1.807, 2.05) is 40.6 Å². The molecule has 1 saturated heterocycles. The Labute approximate surface area is 129 Å². The molecule has 0 atom stereocenters. The van der Waals surface area contributed by atoms with E-state index in [-0.39, 0.29) is 5.91 Å². The van der Waals surface area contributed by atoms with Crippen molar-refractivity contribution in [3.05, 3.63) is 41.3 Å². The zero-order valence-electron chi connectivity index (χ0n) is 12.2. The van der Waals surface area contributed by atoms with Gasteiger partial charge in [-0.1, -0.05) is 0 Å². The molecule has 0 spiro atoms. The van der Waals surface area contributed by atoms with Crippen LogP contribution in [0.4, 0.5) is 0 Å². The Kier molecular flexibility index (Phi) is 4.25. The molecule has 1 aliphatic heterocycles. The van der Waals surface area contributed by atoms with Crippen LogP contribution in [0.5, 0.6) is 5.75 Å². The Hall–Kier alpha value is -1.81. The molecule has 3 nitrogen and oxygen atoms in total. The maximum atomic E-state index is 12.5. The van der Waals surface area contributed by atoms with Gasteiger partial charge >= 0.3 is 0 Å². The van der Waals surface area contributed by atoms with Crippen molar-refractivity contribution >= 4 is 17.2 Å². The number of amides is 1. The van der Waals surface area contributed by atoms with Crippen molar-refractivity contribution in [1.29, 1.82) is 0 Å². The summed E-state index contributed by atoms with van der Waals surface area (Å²) < 4.78 is 5.17. The highest BCUT2D eigenvalue weighted by atomic mass is 32.1. The fraction of sp³-hybridized carbons (Fsp3) is 0.353. The molecule has 0 N–H and O–H groups in total. The second-order valence-electron chi connectivity index (χ2n) is 5.28. The summed E-state index contributed by atoms with van der Waals surface area (Å²) in [5.41, 5.74) is 1.94.